The van der Waals surface area contributed by atoms with Crippen molar-refractivity contribution < 1.29 is 19.4 Å². The lowest BCUT2D eigenvalue weighted by molar-refractivity contribution is -0.140. The number of aliphatic carboxylic acids is 1. The highest BCUT2D eigenvalue weighted by Crippen LogP contribution is 2.44. The van der Waals surface area contributed by atoms with E-state index in [1.54, 1.807) is 11.5 Å². The Kier molecular flexibility index (Phi) is 6.90. The van der Waals surface area contributed by atoms with Crippen molar-refractivity contribution in [2.45, 2.75) is 38.3 Å². The number of imidazole rings is 1. The molecule has 0 saturated heterocycles. The van der Waals surface area contributed by atoms with Gasteiger partial charge in [0.15, 0.2) is 6.04 Å². The van der Waals surface area contributed by atoms with Crippen molar-refractivity contribution in [1.29, 1.82) is 0 Å². The summed E-state index contributed by atoms with van der Waals surface area (Å²) in [5.74, 6) is -0.564. The van der Waals surface area contributed by atoms with Gasteiger partial charge >= 0.3 is 12.1 Å². The van der Waals surface area contributed by atoms with Crippen molar-refractivity contribution in [1.82, 2.24) is 14.9 Å². The number of nitrogens with zero attached hydrogens (tertiary/aromatic N) is 2. The maximum Gasteiger partial charge on any atom is 0.407 e. The second kappa shape index (κ2) is 9.69. The van der Waals surface area contributed by atoms with Crippen LogP contribution >= 0.6 is 31.9 Å². The summed E-state index contributed by atoms with van der Waals surface area (Å²) in [4.78, 5) is 29.1. The van der Waals surface area contributed by atoms with E-state index < -0.39 is 24.1 Å². The van der Waals surface area contributed by atoms with E-state index in [1.165, 1.54) is 0 Å². The van der Waals surface area contributed by atoms with Crippen LogP contribution in [0.15, 0.2) is 57.7 Å². The van der Waals surface area contributed by atoms with Gasteiger partial charge in [-0.05, 0) is 61.0 Å². The molecule has 9 heteroatoms. The second-order valence-electron chi connectivity index (χ2n) is 7.86. The Hall–Kier alpha value is -2.65. The Morgan fingerprint density at radius 1 is 1.12 bits per heavy atom. The summed E-state index contributed by atoms with van der Waals surface area (Å²) in [6.45, 7) is 3.76. The van der Waals surface area contributed by atoms with Crippen molar-refractivity contribution in [3.8, 4) is 11.1 Å². The molecule has 33 heavy (non-hydrogen) atoms. The summed E-state index contributed by atoms with van der Waals surface area (Å²) in [5, 5.41) is 12.4. The van der Waals surface area contributed by atoms with Gasteiger partial charge in [0.1, 0.15) is 21.6 Å². The fourth-order valence-corrected chi connectivity index (χ4v) is 5.41. The molecule has 0 fully saturated rings. The van der Waals surface area contributed by atoms with E-state index in [4.69, 9.17) is 4.74 Å². The first-order valence-corrected chi connectivity index (χ1v) is 12.2. The van der Waals surface area contributed by atoms with E-state index in [2.05, 4.69) is 54.3 Å². The number of carboxylic acids is 1. The van der Waals surface area contributed by atoms with Crippen molar-refractivity contribution in [3.63, 3.8) is 0 Å². The first kappa shape index (κ1) is 23.5. The van der Waals surface area contributed by atoms with Gasteiger partial charge in [-0.25, -0.2) is 14.6 Å². The fraction of sp³-hybridized carbons (Fsp3) is 0.292. The molecule has 0 radical (unpaired) electrons. The van der Waals surface area contributed by atoms with Gasteiger partial charge in [0, 0.05) is 12.3 Å². The number of alkyl carbamates (subject to hydrolysis) is 1. The number of hydrogen-bond acceptors (Lipinski definition) is 4. The van der Waals surface area contributed by atoms with Crippen LogP contribution in [0.25, 0.3) is 11.1 Å². The van der Waals surface area contributed by atoms with Crippen molar-refractivity contribution in [2.24, 2.45) is 0 Å². The smallest absolute Gasteiger partial charge is 0.407 e. The quantitative estimate of drug-likeness (QED) is 0.386. The highest BCUT2D eigenvalue weighted by atomic mass is 79.9. The number of ether oxygens (including phenoxy) is 1. The monoisotopic (exact) mass is 575 g/mol. The Balaban J connectivity index is 1.50. The number of benzene rings is 2. The molecule has 2 N–H and O–H groups in total. The average Bonchev–Trinajstić information content (AvgIpc) is 3.29. The molecule has 1 aromatic heterocycles. The molecule has 2 atom stereocenters. The Labute approximate surface area is 208 Å². The number of amides is 1. The van der Waals surface area contributed by atoms with Gasteiger partial charge in [0.2, 0.25) is 0 Å². The van der Waals surface area contributed by atoms with Gasteiger partial charge < -0.3 is 19.7 Å². The van der Waals surface area contributed by atoms with Crippen LogP contribution in [0.2, 0.25) is 0 Å². The summed E-state index contributed by atoms with van der Waals surface area (Å²) in [6.07, 6.45) is -0.171. The topological polar surface area (TPSA) is 93.5 Å². The van der Waals surface area contributed by atoms with E-state index >= 15 is 0 Å². The molecule has 2 aromatic carbocycles. The van der Waals surface area contributed by atoms with Gasteiger partial charge in [0.05, 0.1) is 6.04 Å². The number of halogens is 2. The maximum absolute atomic E-state index is 12.7. The van der Waals surface area contributed by atoms with Crippen molar-refractivity contribution in [3.05, 3.63) is 74.7 Å². The predicted molar refractivity (Wildman–Crippen MR) is 131 cm³/mol. The van der Waals surface area contributed by atoms with Gasteiger partial charge in [0.25, 0.3) is 0 Å². The number of carboxylic acid groups (broad SMARTS) is 1. The third-order valence-corrected chi connectivity index (χ3v) is 7.82. The third-order valence-electron chi connectivity index (χ3n) is 5.98. The molecule has 0 aliphatic heterocycles. The lowest BCUT2D eigenvalue weighted by Gasteiger charge is -2.25. The molecule has 2 unspecified atom stereocenters. The van der Waals surface area contributed by atoms with Crippen LogP contribution in [-0.2, 0) is 16.0 Å². The van der Waals surface area contributed by atoms with E-state index in [9.17, 15) is 14.7 Å². The van der Waals surface area contributed by atoms with Gasteiger partial charge in [-0.3, -0.25) is 0 Å². The van der Waals surface area contributed by atoms with Crippen molar-refractivity contribution >= 4 is 43.9 Å². The van der Waals surface area contributed by atoms with E-state index in [1.807, 2.05) is 43.3 Å². The number of carbonyl (C=O) groups is 2. The molecule has 0 bridgehead atoms. The molecule has 4 rings (SSSR count). The molecular formula is C24H23Br2N3O4. The summed E-state index contributed by atoms with van der Waals surface area (Å²) in [7, 11) is 0. The lowest BCUT2D eigenvalue weighted by Crippen LogP contribution is -2.46. The molecule has 3 aromatic rings. The number of rotatable bonds is 7. The second-order valence-corrected chi connectivity index (χ2v) is 9.36. The van der Waals surface area contributed by atoms with Crippen LogP contribution in [0.1, 0.15) is 42.8 Å². The maximum atomic E-state index is 12.7. The largest absolute Gasteiger partial charge is 0.480 e. The van der Waals surface area contributed by atoms with Crippen LogP contribution in [0.4, 0.5) is 4.79 Å². The molecule has 0 saturated carbocycles. The number of aromatic nitrogens is 2. The zero-order valence-electron chi connectivity index (χ0n) is 18.1. The molecule has 7 nitrogen and oxygen atoms in total. The van der Waals surface area contributed by atoms with E-state index in [-0.39, 0.29) is 12.5 Å². The van der Waals surface area contributed by atoms with E-state index in [0.717, 1.165) is 22.3 Å². The summed E-state index contributed by atoms with van der Waals surface area (Å²) in [5.41, 5.74) is 4.44. The van der Waals surface area contributed by atoms with Crippen molar-refractivity contribution in [2.75, 3.05) is 6.61 Å². The Bertz CT molecular complexity index is 1160. The number of hydrogen-bond donors (Lipinski definition) is 2. The standard InChI is InChI=1S/C24H23Br2N3O4/c1-3-19-27-21(25)22(26)29(19)13(2)20(23(30)31)28-24(32)33-12-18-16-10-6-4-8-14(16)15-9-5-7-11-17(15)18/h4-11,13,18,20H,3,12H2,1-2H3,(H,28,32)(H,30,31). The van der Waals surface area contributed by atoms with Crippen LogP contribution < -0.4 is 5.32 Å². The highest BCUT2D eigenvalue weighted by molar-refractivity contribution is 9.13. The summed E-state index contributed by atoms with van der Waals surface area (Å²) >= 11 is 6.81. The Morgan fingerprint density at radius 2 is 1.70 bits per heavy atom. The third kappa shape index (κ3) is 4.44. The molecule has 1 aliphatic carbocycles. The molecule has 172 valence electrons. The summed E-state index contributed by atoms with van der Waals surface area (Å²) < 4.78 is 8.49. The van der Waals surface area contributed by atoms with Gasteiger partial charge in [-0.2, -0.15) is 0 Å². The Morgan fingerprint density at radius 3 is 2.24 bits per heavy atom. The van der Waals surface area contributed by atoms with Gasteiger partial charge in [-0.15, -0.1) is 0 Å². The summed E-state index contributed by atoms with van der Waals surface area (Å²) in [6, 6.07) is 14.3. The minimum absolute atomic E-state index is 0.103. The van der Waals surface area contributed by atoms with Crippen LogP contribution in [0, 0.1) is 0 Å². The zero-order valence-corrected chi connectivity index (χ0v) is 21.3. The number of nitrogens with one attached hydrogen (secondary N) is 1. The first-order valence-electron chi connectivity index (χ1n) is 10.6. The molecule has 1 aliphatic rings. The van der Waals surface area contributed by atoms with E-state index in [0.29, 0.717) is 21.5 Å². The molecule has 0 spiro atoms. The zero-order chi connectivity index (χ0) is 23.7. The van der Waals surface area contributed by atoms with Gasteiger partial charge in [-0.1, -0.05) is 55.5 Å². The number of fused-ring (bicyclic) bond motifs is 3. The molecule has 1 amide bonds. The van der Waals surface area contributed by atoms with Crippen LogP contribution in [0.3, 0.4) is 0 Å². The molecular weight excluding hydrogens is 554 g/mol. The SMILES string of the molecule is CCc1nc(Br)c(Br)n1C(C)C(NC(=O)OCC1c2ccccc2-c2ccccc21)C(=O)O. The van der Waals surface area contributed by atoms with Crippen LogP contribution in [0.5, 0.6) is 0 Å². The fourth-order valence-electron chi connectivity index (χ4n) is 4.39. The first-order chi connectivity index (χ1) is 15.8. The minimum Gasteiger partial charge on any atom is -0.480 e. The molecule has 1 heterocycles. The predicted octanol–water partition coefficient (Wildman–Crippen LogP) is 5.52. The number of aryl methyl sites for hydroxylation is 1. The normalized spacial score (nSPS) is 14.3. The average molecular weight is 577 g/mol. The lowest BCUT2D eigenvalue weighted by atomic mass is 9.98. The highest BCUT2D eigenvalue weighted by Gasteiger charge is 2.33. The minimum atomic E-state index is -1.21. The number of carbonyl (C=O) groups excluding carboxylic acids is 1. The van der Waals surface area contributed by atoms with Crippen LogP contribution in [-0.4, -0.2) is 39.4 Å².